The predicted octanol–water partition coefficient (Wildman–Crippen LogP) is 4.67. The molecule has 146 valence electrons. The molecule has 0 N–H and O–H groups in total. The van der Waals surface area contributed by atoms with Crippen LogP contribution in [0.5, 0.6) is 0 Å². The molecule has 0 rings (SSSR count). The van der Waals surface area contributed by atoms with E-state index < -0.39 is 28.5 Å². The predicted molar refractivity (Wildman–Crippen MR) is 90.5 cm³/mol. The minimum Gasteiger partial charge on any atom is -0.374 e. The summed E-state index contributed by atoms with van der Waals surface area (Å²) >= 11 is 0. The van der Waals surface area contributed by atoms with Crippen LogP contribution in [0, 0.1) is 0 Å². The van der Waals surface area contributed by atoms with E-state index in [9.17, 15) is 13.3 Å². The lowest BCUT2D eigenvalue weighted by Crippen LogP contribution is -2.46. The SMILES string of the molecule is CCO[Si](CCCC(F)(F)P(=O)(OCC)OCC)(OCC)OCC. The van der Waals surface area contributed by atoms with E-state index in [-0.39, 0.29) is 25.7 Å². The minimum absolute atomic E-state index is 0.0311. The maximum Gasteiger partial charge on any atom is 0.500 e. The Kier molecular flexibility index (Phi) is 11.7. The van der Waals surface area contributed by atoms with Crippen molar-refractivity contribution < 1.29 is 35.7 Å². The van der Waals surface area contributed by atoms with Crippen LogP contribution in [0.25, 0.3) is 0 Å². The summed E-state index contributed by atoms with van der Waals surface area (Å²) in [6.07, 6.45) is -0.615. The van der Waals surface area contributed by atoms with Crippen molar-refractivity contribution in [2.75, 3.05) is 33.0 Å². The van der Waals surface area contributed by atoms with Gasteiger partial charge in [0, 0.05) is 32.3 Å². The van der Waals surface area contributed by atoms with Crippen LogP contribution in [0.2, 0.25) is 6.04 Å². The summed E-state index contributed by atoms with van der Waals surface area (Å²) < 4.78 is 67.4. The summed E-state index contributed by atoms with van der Waals surface area (Å²) in [6.45, 7) is 9.30. The molecule has 0 aromatic heterocycles. The lowest BCUT2D eigenvalue weighted by atomic mass is 10.3. The molecule has 0 aromatic carbocycles. The van der Waals surface area contributed by atoms with Gasteiger partial charge in [0.05, 0.1) is 13.2 Å². The Morgan fingerprint density at radius 2 is 1.25 bits per heavy atom. The van der Waals surface area contributed by atoms with Crippen molar-refractivity contribution in [2.24, 2.45) is 0 Å². The molecule has 0 aliphatic carbocycles. The molecule has 0 amide bonds. The summed E-state index contributed by atoms with van der Waals surface area (Å²) in [5.41, 5.74) is -3.57. The summed E-state index contributed by atoms with van der Waals surface area (Å²) in [6, 6.07) is 0.219. The van der Waals surface area contributed by atoms with Gasteiger partial charge in [-0.05, 0) is 41.0 Å². The van der Waals surface area contributed by atoms with E-state index in [0.29, 0.717) is 19.8 Å². The average molecular weight is 392 g/mol. The largest absolute Gasteiger partial charge is 0.500 e. The molecule has 0 saturated heterocycles. The van der Waals surface area contributed by atoms with Crippen LogP contribution in [0.15, 0.2) is 0 Å². The van der Waals surface area contributed by atoms with E-state index in [1.807, 2.05) is 0 Å². The van der Waals surface area contributed by atoms with Crippen molar-refractivity contribution in [1.29, 1.82) is 0 Å². The van der Waals surface area contributed by atoms with Crippen LogP contribution in [0.3, 0.4) is 0 Å². The quantitative estimate of drug-likeness (QED) is 0.298. The highest BCUT2D eigenvalue weighted by Crippen LogP contribution is 2.63. The fourth-order valence-corrected chi connectivity index (χ4v) is 6.40. The first kappa shape index (κ1) is 24.1. The van der Waals surface area contributed by atoms with Crippen molar-refractivity contribution in [3.05, 3.63) is 0 Å². The second-order valence-electron chi connectivity index (χ2n) is 4.83. The summed E-state index contributed by atoms with van der Waals surface area (Å²) in [4.78, 5) is 0. The monoisotopic (exact) mass is 392 g/mol. The van der Waals surface area contributed by atoms with Crippen molar-refractivity contribution in [1.82, 2.24) is 0 Å². The second-order valence-corrected chi connectivity index (χ2v) is 9.73. The zero-order chi connectivity index (χ0) is 18.7. The number of halogens is 2. The third-order valence-corrected chi connectivity index (χ3v) is 8.42. The molecule has 24 heavy (non-hydrogen) atoms. The molecule has 0 radical (unpaired) electrons. The first-order valence-corrected chi connectivity index (χ1v) is 11.9. The highest BCUT2D eigenvalue weighted by atomic mass is 31.2. The summed E-state index contributed by atoms with van der Waals surface area (Å²) in [5, 5.41) is 0. The molecule has 0 atom stereocenters. The molecule has 0 spiro atoms. The van der Waals surface area contributed by atoms with Crippen LogP contribution < -0.4 is 0 Å². The number of hydrogen-bond acceptors (Lipinski definition) is 6. The normalized spacial score (nSPS) is 13.5. The van der Waals surface area contributed by atoms with Crippen molar-refractivity contribution >= 4 is 16.4 Å². The van der Waals surface area contributed by atoms with Crippen LogP contribution in [0.1, 0.15) is 47.5 Å². The van der Waals surface area contributed by atoms with E-state index in [0.717, 1.165) is 0 Å². The Hall–Kier alpha value is 0.107. The van der Waals surface area contributed by atoms with Gasteiger partial charge < -0.3 is 22.3 Å². The van der Waals surface area contributed by atoms with Gasteiger partial charge in [-0.3, -0.25) is 4.57 Å². The van der Waals surface area contributed by atoms with Crippen LogP contribution >= 0.6 is 7.60 Å². The fourth-order valence-electron chi connectivity index (χ4n) is 2.22. The molecular weight excluding hydrogens is 361 g/mol. The lowest BCUT2D eigenvalue weighted by Gasteiger charge is -2.30. The fraction of sp³-hybridized carbons (Fsp3) is 1.00. The van der Waals surface area contributed by atoms with Gasteiger partial charge in [0.25, 0.3) is 0 Å². The highest BCUT2D eigenvalue weighted by Gasteiger charge is 2.53. The molecule has 0 heterocycles. The van der Waals surface area contributed by atoms with Crippen LogP contribution in [-0.2, 0) is 26.9 Å². The van der Waals surface area contributed by atoms with E-state index >= 15 is 0 Å². The summed E-state index contributed by atoms with van der Waals surface area (Å²) in [7, 11) is -7.49. The van der Waals surface area contributed by atoms with Gasteiger partial charge in [-0.25, -0.2) is 0 Å². The average Bonchev–Trinajstić information content (AvgIpc) is 2.48. The second kappa shape index (κ2) is 11.7. The third-order valence-electron chi connectivity index (χ3n) is 3.05. The maximum absolute atomic E-state index is 14.4. The van der Waals surface area contributed by atoms with Gasteiger partial charge in [0.2, 0.25) is 0 Å². The van der Waals surface area contributed by atoms with Crippen LogP contribution in [-0.4, -0.2) is 47.5 Å². The molecule has 0 fully saturated rings. The molecule has 6 nitrogen and oxygen atoms in total. The van der Waals surface area contributed by atoms with Gasteiger partial charge >= 0.3 is 22.1 Å². The number of alkyl halides is 2. The minimum atomic E-state index is -4.49. The van der Waals surface area contributed by atoms with Gasteiger partial charge in [-0.2, -0.15) is 8.78 Å². The maximum atomic E-state index is 14.4. The van der Waals surface area contributed by atoms with E-state index in [2.05, 4.69) is 0 Å². The first-order valence-electron chi connectivity index (χ1n) is 8.45. The third kappa shape index (κ3) is 7.15. The lowest BCUT2D eigenvalue weighted by molar-refractivity contribution is 0.0276. The molecule has 10 heteroatoms. The van der Waals surface area contributed by atoms with E-state index in [1.165, 1.54) is 13.8 Å². The number of hydrogen-bond donors (Lipinski definition) is 0. The highest BCUT2D eigenvalue weighted by molar-refractivity contribution is 7.55. The van der Waals surface area contributed by atoms with Crippen molar-refractivity contribution in [2.45, 2.75) is 59.2 Å². The molecule has 0 unspecified atom stereocenters. The molecular formula is C14H31F2O6PSi. The van der Waals surface area contributed by atoms with E-state index in [1.54, 1.807) is 20.8 Å². The van der Waals surface area contributed by atoms with Gasteiger partial charge in [-0.1, -0.05) is 0 Å². The molecule has 0 aliphatic rings. The van der Waals surface area contributed by atoms with Gasteiger partial charge in [0.1, 0.15) is 0 Å². The Morgan fingerprint density at radius 1 is 0.833 bits per heavy atom. The number of rotatable bonds is 15. The molecule has 0 bridgehead atoms. The molecule has 0 aliphatic heterocycles. The standard InChI is InChI=1S/C14H31F2O6PSi/c1-6-18-23(17,19-7-2)14(15,16)12-11-13-24(20-8-3,21-9-4)22-10-5/h6-13H2,1-5H3. The van der Waals surface area contributed by atoms with Gasteiger partial charge in [-0.15, -0.1) is 0 Å². The molecule has 0 aromatic rings. The Balaban J connectivity index is 4.95. The van der Waals surface area contributed by atoms with Crippen molar-refractivity contribution in [3.8, 4) is 0 Å². The van der Waals surface area contributed by atoms with Gasteiger partial charge in [0.15, 0.2) is 0 Å². The van der Waals surface area contributed by atoms with E-state index in [4.69, 9.17) is 22.3 Å². The Labute approximate surface area is 145 Å². The van der Waals surface area contributed by atoms with Crippen LogP contribution in [0.4, 0.5) is 8.78 Å². The van der Waals surface area contributed by atoms with Crippen molar-refractivity contribution in [3.63, 3.8) is 0 Å². The first-order chi connectivity index (χ1) is 11.3. The zero-order valence-corrected chi connectivity index (χ0v) is 17.2. The topological polar surface area (TPSA) is 63.2 Å². The Morgan fingerprint density at radius 3 is 1.58 bits per heavy atom. The Bertz CT molecular complexity index is 359. The summed E-state index contributed by atoms with van der Waals surface area (Å²) in [5.74, 6) is 0. The zero-order valence-electron chi connectivity index (χ0n) is 15.3. The smallest absolute Gasteiger partial charge is 0.374 e. The molecule has 0 saturated carbocycles.